The molecule has 2 heteroatoms. The van der Waals surface area contributed by atoms with Gasteiger partial charge < -0.3 is 0 Å². The van der Waals surface area contributed by atoms with Crippen molar-refractivity contribution in [3.05, 3.63) is 71.3 Å². The van der Waals surface area contributed by atoms with Gasteiger partial charge in [0.1, 0.15) is 0 Å². The molecule has 0 aliphatic heterocycles. The van der Waals surface area contributed by atoms with Crippen LogP contribution >= 0.6 is 0 Å². The molecule has 1 aromatic rings. The van der Waals surface area contributed by atoms with Gasteiger partial charge in [0, 0.05) is 11.1 Å². The Morgan fingerprint density at radius 2 is 1.72 bits per heavy atom. The smallest absolute Gasteiger partial charge is 0.190 e. The summed E-state index contributed by atoms with van der Waals surface area (Å²) in [6, 6.07) is 7.58. The molecule has 1 spiro atoms. The second kappa shape index (κ2) is 3.64. The minimum absolute atomic E-state index is 0.0343. The molecule has 0 saturated heterocycles. The van der Waals surface area contributed by atoms with E-state index >= 15 is 0 Å². The fraction of sp³-hybridized carbons (Fsp3) is 0.125. The molecule has 0 fully saturated rings. The molecule has 0 unspecified atom stereocenters. The van der Waals surface area contributed by atoms with Crippen LogP contribution in [0.3, 0.4) is 0 Å². The van der Waals surface area contributed by atoms with E-state index < -0.39 is 5.41 Å². The van der Waals surface area contributed by atoms with E-state index in [1.807, 2.05) is 49.4 Å². The number of benzene rings is 1. The highest BCUT2D eigenvalue weighted by atomic mass is 16.1. The van der Waals surface area contributed by atoms with Crippen LogP contribution in [0.4, 0.5) is 0 Å². The number of hydrogen-bond donors (Lipinski definition) is 0. The van der Waals surface area contributed by atoms with Gasteiger partial charge in [0.25, 0.3) is 0 Å². The molecule has 18 heavy (non-hydrogen) atoms. The first-order valence-electron chi connectivity index (χ1n) is 5.92. The normalized spacial score (nSPS) is 21.9. The first-order chi connectivity index (χ1) is 8.69. The first-order valence-corrected chi connectivity index (χ1v) is 5.92. The van der Waals surface area contributed by atoms with Crippen molar-refractivity contribution in [2.75, 3.05) is 0 Å². The Kier molecular flexibility index (Phi) is 2.20. The molecule has 2 aliphatic carbocycles. The lowest BCUT2D eigenvalue weighted by atomic mass is 9.75. The van der Waals surface area contributed by atoms with Gasteiger partial charge in [-0.15, -0.1) is 0 Å². The molecule has 0 bridgehead atoms. The topological polar surface area (TPSA) is 34.1 Å². The summed E-state index contributed by atoms with van der Waals surface area (Å²) in [4.78, 5) is 23.7. The van der Waals surface area contributed by atoms with Crippen LogP contribution in [0.2, 0.25) is 0 Å². The molecule has 1 aromatic carbocycles. The number of Topliss-reactive ketones (excluding diaryl/α,β-unsaturated/α-hetero) is 1. The molecule has 2 aliphatic rings. The minimum Gasteiger partial charge on any atom is -0.290 e. The van der Waals surface area contributed by atoms with Crippen LogP contribution in [-0.2, 0) is 10.2 Å². The third-order valence-corrected chi connectivity index (χ3v) is 3.62. The third-order valence-electron chi connectivity index (χ3n) is 3.62. The van der Waals surface area contributed by atoms with Crippen LogP contribution in [0.5, 0.6) is 0 Å². The molecular weight excluding hydrogens is 224 g/mol. The molecule has 0 radical (unpaired) electrons. The van der Waals surface area contributed by atoms with Gasteiger partial charge in [-0.05, 0) is 24.6 Å². The minimum atomic E-state index is -0.545. The van der Waals surface area contributed by atoms with Crippen molar-refractivity contribution in [2.45, 2.75) is 12.3 Å². The first kappa shape index (κ1) is 10.9. The zero-order valence-electron chi connectivity index (χ0n) is 10.0. The Morgan fingerprint density at radius 3 is 2.39 bits per heavy atom. The van der Waals surface area contributed by atoms with Gasteiger partial charge in [-0.3, -0.25) is 9.59 Å². The van der Waals surface area contributed by atoms with E-state index in [9.17, 15) is 9.59 Å². The number of carbonyl (C=O) groups excluding carboxylic acids is 2. The van der Waals surface area contributed by atoms with Gasteiger partial charge in [0.2, 0.25) is 0 Å². The zero-order valence-corrected chi connectivity index (χ0v) is 10.0. The Labute approximate surface area is 105 Å². The lowest BCUT2D eigenvalue weighted by Crippen LogP contribution is -2.23. The molecule has 0 saturated carbocycles. The largest absolute Gasteiger partial charge is 0.290 e. The van der Waals surface area contributed by atoms with Gasteiger partial charge >= 0.3 is 0 Å². The lowest BCUT2D eigenvalue weighted by Gasteiger charge is -2.25. The van der Waals surface area contributed by atoms with Crippen LogP contribution in [-0.4, -0.2) is 11.6 Å². The number of ketones is 2. The number of hydrogen-bond acceptors (Lipinski definition) is 2. The average molecular weight is 236 g/mol. The maximum absolute atomic E-state index is 12.4. The summed E-state index contributed by atoms with van der Waals surface area (Å²) >= 11 is 0. The number of carbonyl (C=O) groups is 2. The van der Waals surface area contributed by atoms with E-state index in [0.29, 0.717) is 0 Å². The van der Waals surface area contributed by atoms with Crippen molar-refractivity contribution in [3.63, 3.8) is 0 Å². The lowest BCUT2D eigenvalue weighted by molar-refractivity contribution is -0.110. The third kappa shape index (κ3) is 1.23. The molecule has 0 aromatic heterocycles. The van der Waals surface area contributed by atoms with Gasteiger partial charge in [0.15, 0.2) is 11.6 Å². The van der Waals surface area contributed by atoms with Crippen molar-refractivity contribution < 1.29 is 9.59 Å². The van der Waals surface area contributed by atoms with E-state index in [-0.39, 0.29) is 11.6 Å². The molecule has 3 rings (SSSR count). The van der Waals surface area contributed by atoms with Gasteiger partial charge in [-0.1, -0.05) is 42.5 Å². The number of rotatable bonds is 0. The number of allylic oxidation sites excluding steroid dienone is 6. The highest BCUT2D eigenvalue weighted by Crippen LogP contribution is 2.46. The Morgan fingerprint density at radius 1 is 1.06 bits per heavy atom. The summed E-state index contributed by atoms with van der Waals surface area (Å²) in [5.41, 5.74) is 1.87. The monoisotopic (exact) mass is 236 g/mol. The Bertz CT molecular complexity index is 629. The SMILES string of the molecule is C/C=C1\C(=O)c2ccccc2C12C=CC(=O)C=C2. The standard InChI is InChI=1S/C16H12O2/c1-2-13-15(18)12-5-3-4-6-14(12)16(13)9-7-11(17)8-10-16/h2-10H,1H3/b13-2+. The molecule has 2 nitrogen and oxygen atoms in total. The van der Waals surface area contributed by atoms with Crippen molar-refractivity contribution >= 4 is 11.6 Å². The van der Waals surface area contributed by atoms with E-state index in [1.165, 1.54) is 0 Å². The van der Waals surface area contributed by atoms with Gasteiger partial charge in [-0.25, -0.2) is 0 Å². The summed E-state index contributed by atoms with van der Waals surface area (Å²) in [7, 11) is 0. The van der Waals surface area contributed by atoms with Crippen molar-refractivity contribution in [1.82, 2.24) is 0 Å². The Hall–Kier alpha value is -2.22. The van der Waals surface area contributed by atoms with E-state index in [1.54, 1.807) is 12.2 Å². The summed E-state index contributed by atoms with van der Waals surface area (Å²) in [5, 5.41) is 0. The molecule has 0 amide bonds. The quantitative estimate of drug-likeness (QED) is 0.649. The number of fused-ring (bicyclic) bond motifs is 2. The molecule has 0 heterocycles. The van der Waals surface area contributed by atoms with Crippen molar-refractivity contribution in [3.8, 4) is 0 Å². The van der Waals surface area contributed by atoms with Gasteiger partial charge in [-0.2, -0.15) is 0 Å². The predicted octanol–water partition coefficient (Wildman–Crippen LogP) is 2.76. The fourth-order valence-corrected chi connectivity index (χ4v) is 2.79. The van der Waals surface area contributed by atoms with E-state index in [2.05, 4.69) is 0 Å². The summed E-state index contributed by atoms with van der Waals surface area (Å²) < 4.78 is 0. The van der Waals surface area contributed by atoms with Crippen molar-refractivity contribution in [1.29, 1.82) is 0 Å². The summed E-state index contributed by atoms with van der Waals surface area (Å²) in [6.07, 6.45) is 8.58. The van der Waals surface area contributed by atoms with Crippen LogP contribution in [0.25, 0.3) is 0 Å². The maximum atomic E-state index is 12.4. The van der Waals surface area contributed by atoms with Crippen LogP contribution in [0, 0.1) is 0 Å². The molecular formula is C16H12O2. The van der Waals surface area contributed by atoms with Crippen LogP contribution in [0.1, 0.15) is 22.8 Å². The van der Waals surface area contributed by atoms with Crippen LogP contribution in [0.15, 0.2) is 60.2 Å². The predicted molar refractivity (Wildman–Crippen MR) is 69.5 cm³/mol. The summed E-state index contributed by atoms with van der Waals surface area (Å²) in [5.74, 6) is 0.0182. The summed E-state index contributed by atoms with van der Waals surface area (Å²) in [6.45, 7) is 1.86. The highest BCUT2D eigenvalue weighted by molar-refractivity contribution is 6.17. The molecule has 0 N–H and O–H groups in total. The average Bonchev–Trinajstić information content (AvgIpc) is 2.64. The molecule has 88 valence electrons. The van der Waals surface area contributed by atoms with Crippen molar-refractivity contribution in [2.24, 2.45) is 0 Å². The zero-order chi connectivity index (χ0) is 12.8. The van der Waals surface area contributed by atoms with Crippen LogP contribution < -0.4 is 0 Å². The maximum Gasteiger partial charge on any atom is 0.190 e. The second-order valence-corrected chi connectivity index (χ2v) is 4.52. The van der Waals surface area contributed by atoms with Gasteiger partial charge in [0.05, 0.1) is 5.41 Å². The van der Waals surface area contributed by atoms with E-state index in [0.717, 1.165) is 16.7 Å². The highest BCUT2D eigenvalue weighted by Gasteiger charge is 2.44. The molecule has 0 atom stereocenters. The van der Waals surface area contributed by atoms with E-state index in [4.69, 9.17) is 0 Å². The Balaban J connectivity index is 2.32. The second-order valence-electron chi connectivity index (χ2n) is 4.52. The fourth-order valence-electron chi connectivity index (χ4n) is 2.79.